The minimum atomic E-state index is 0.661. The first kappa shape index (κ1) is 14.6. The SMILES string of the molecule is CCNC(=NCc1ccccc1)NCc1cn2ccsc2n1. The molecule has 0 aliphatic rings. The Kier molecular flexibility index (Phi) is 4.70. The van der Waals surface area contributed by atoms with Gasteiger partial charge in [-0.3, -0.25) is 4.40 Å². The Morgan fingerprint density at radius 2 is 2.14 bits per heavy atom. The van der Waals surface area contributed by atoms with Crippen molar-refractivity contribution in [1.29, 1.82) is 0 Å². The summed E-state index contributed by atoms with van der Waals surface area (Å²) in [5.74, 6) is 0.808. The molecular formula is C16H19N5S. The van der Waals surface area contributed by atoms with Gasteiger partial charge in [-0.25, -0.2) is 9.98 Å². The van der Waals surface area contributed by atoms with Crippen LogP contribution >= 0.6 is 11.3 Å². The summed E-state index contributed by atoms with van der Waals surface area (Å²) in [5.41, 5.74) is 2.21. The number of imidazole rings is 1. The first-order valence-electron chi connectivity index (χ1n) is 7.32. The van der Waals surface area contributed by atoms with Crippen LogP contribution in [0.25, 0.3) is 4.96 Å². The van der Waals surface area contributed by atoms with Gasteiger partial charge in [0.2, 0.25) is 0 Å². The molecule has 3 aromatic rings. The zero-order valence-electron chi connectivity index (χ0n) is 12.5. The van der Waals surface area contributed by atoms with Crippen LogP contribution in [0.5, 0.6) is 0 Å². The number of rotatable bonds is 5. The molecule has 0 saturated carbocycles. The van der Waals surface area contributed by atoms with Gasteiger partial charge in [0, 0.05) is 24.3 Å². The van der Waals surface area contributed by atoms with Crippen molar-refractivity contribution < 1.29 is 0 Å². The number of nitrogens with one attached hydrogen (secondary N) is 2. The van der Waals surface area contributed by atoms with Crippen LogP contribution in [0.15, 0.2) is 53.1 Å². The maximum atomic E-state index is 4.60. The molecule has 2 N–H and O–H groups in total. The Balaban J connectivity index is 1.62. The molecule has 0 unspecified atom stereocenters. The number of aliphatic imine (C=N–C) groups is 1. The van der Waals surface area contributed by atoms with Crippen molar-refractivity contribution >= 4 is 22.3 Å². The highest BCUT2D eigenvalue weighted by atomic mass is 32.1. The molecule has 1 aromatic carbocycles. The molecule has 114 valence electrons. The summed E-state index contributed by atoms with van der Waals surface area (Å²) in [4.78, 5) is 10.2. The molecule has 6 heteroatoms. The maximum Gasteiger partial charge on any atom is 0.193 e. The molecule has 0 atom stereocenters. The number of hydrogen-bond donors (Lipinski definition) is 2. The van der Waals surface area contributed by atoms with Gasteiger partial charge in [-0.05, 0) is 12.5 Å². The first-order chi connectivity index (χ1) is 10.8. The highest BCUT2D eigenvalue weighted by Gasteiger charge is 2.03. The zero-order valence-corrected chi connectivity index (χ0v) is 13.3. The third kappa shape index (κ3) is 3.65. The smallest absolute Gasteiger partial charge is 0.193 e. The van der Waals surface area contributed by atoms with Crippen LogP contribution in [0.2, 0.25) is 0 Å². The fourth-order valence-electron chi connectivity index (χ4n) is 2.13. The summed E-state index contributed by atoms with van der Waals surface area (Å²) >= 11 is 1.64. The Labute approximate surface area is 133 Å². The number of guanidine groups is 1. The molecule has 0 radical (unpaired) electrons. The predicted molar refractivity (Wildman–Crippen MR) is 91.2 cm³/mol. The van der Waals surface area contributed by atoms with Crippen molar-refractivity contribution in [1.82, 2.24) is 20.0 Å². The van der Waals surface area contributed by atoms with E-state index in [1.807, 2.05) is 40.4 Å². The quantitative estimate of drug-likeness (QED) is 0.562. The van der Waals surface area contributed by atoms with Crippen molar-refractivity contribution in [3.05, 3.63) is 59.4 Å². The molecule has 2 heterocycles. The number of hydrogen-bond acceptors (Lipinski definition) is 3. The second kappa shape index (κ2) is 7.09. The molecule has 0 aliphatic heterocycles. The lowest BCUT2D eigenvalue weighted by molar-refractivity contribution is 0.804. The number of thiazole rings is 1. The van der Waals surface area contributed by atoms with Gasteiger partial charge in [-0.2, -0.15) is 0 Å². The van der Waals surface area contributed by atoms with E-state index in [0.717, 1.165) is 23.2 Å². The van der Waals surface area contributed by atoms with Gasteiger partial charge in [0.25, 0.3) is 0 Å². The molecule has 5 nitrogen and oxygen atoms in total. The Hall–Kier alpha value is -2.34. The maximum absolute atomic E-state index is 4.60. The summed E-state index contributed by atoms with van der Waals surface area (Å²) in [6.45, 7) is 4.22. The molecule has 0 fully saturated rings. The Morgan fingerprint density at radius 3 is 2.91 bits per heavy atom. The molecule has 0 bridgehead atoms. The lowest BCUT2D eigenvalue weighted by Crippen LogP contribution is -2.36. The van der Waals surface area contributed by atoms with Gasteiger partial charge in [0.1, 0.15) is 0 Å². The lowest BCUT2D eigenvalue weighted by Gasteiger charge is -2.10. The fraction of sp³-hybridized carbons (Fsp3) is 0.250. The summed E-state index contributed by atoms with van der Waals surface area (Å²) in [6.07, 6.45) is 4.06. The summed E-state index contributed by atoms with van der Waals surface area (Å²) in [6, 6.07) is 10.2. The van der Waals surface area contributed by atoms with E-state index in [1.165, 1.54) is 5.56 Å². The topological polar surface area (TPSA) is 53.7 Å². The minimum Gasteiger partial charge on any atom is -0.357 e. The summed E-state index contributed by atoms with van der Waals surface area (Å²) in [7, 11) is 0. The van der Waals surface area contributed by atoms with Crippen molar-refractivity contribution in [2.75, 3.05) is 6.54 Å². The zero-order chi connectivity index (χ0) is 15.2. The van der Waals surface area contributed by atoms with E-state index in [1.54, 1.807) is 11.3 Å². The number of fused-ring (bicyclic) bond motifs is 1. The fourth-order valence-corrected chi connectivity index (χ4v) is 2.85. The average Bonchev–Trinajstić information content (AvgIpc) is 3.12. The van der Waals surface area contributed by atoms with Crippen LogP contribution in [0.3, 0.4) is 0 Å². The first-order valence-corrected chi connectivity index (χ1v) is 8.20. The predicted octanol–water partition coefficient (Wildman–Crippen LogP) is 2.65. The molecule has 3 rings (SSSR count). The normalized spacial score (nSPS) is 11.8. The number of nitrogens with zero attached hydrogens (tertiary/aromatic N) is 3. The van der Waals surface area contributed by atoms with Crippen molar-refractivity contribution in [3.8, 4) is 0 Å². The van der Waals surface area contributed by atoms with E-state index in [-0.39, 0.29) is 0 Å². The Morgan fingerprint density at radius 1 is 1.27 bits per heavy atom. The van der Waals surface area contributed by atoms with E-state index in [4.69, 9.17) is 0 Å². The van der Waals surface area contributed by atoms with Crippen molar-refractivity contribution in [2.45, 2.75) is 20.0 Å². The number of benzene rings is 1. The molecule has 0 saturated heterocycles. The molecule has 0 aliphatic carbocycles. The van der Waals surface area contributed by atoms with Gasteiger partial charge < -0.3 is 10.6 Å². The molecule has 0 amide bonds. The largest absolute Gasteiger partial charge is 0.357 e. The van der Waals surface area contributed by atoms with Crippen LogP contribution in [-0.4, -0.2) is 21.9 Å². The van der Waals surface area contributed by atoms with E-state index < -0.39 is 0 Å². The van der Waals surface area contributed by atoms with Crippen LogP contribution in [0.4, 0.5) is 0 Å². The third-order valence-electron chi connectivity index (χ3n) is 3.19. The highest BCUT2D eigenvalue weighted by molar-refractivity contribution is 7.15. The summed E-state index contributed by atoms with van der Waals surface area (Å²) in [5, 5.41) is 8.62. The standard InChI is InChI=1S/C16H19N5S/c1-2-17-15(18-10-13-6-4-3-5-7-13)19-11-14-12-21-8-9-22-16(21)20-14/h3-9,12H,2,10-11H2,1H3,(H2,17,18,19). The van der Waals surface area contributed by atoms with Crippen LogP contribution < -0.4 is 10.6 Å². The van der Waals surface area contributed by atoms with E-state index in [0.29, 0.717) is 13.1 Å². The van der Waals surface area contributed by atoms with Gasteiger partial charge in [-0.15, -0.1) is 11.3 Å². The molecule has 0 spiro atoms. The lowest BCUT2D eigenvalue weighted by atomic mass is 10.2. The van der Waals surface area contributed by atoms with Gasteiger partial charge in [-0.1, -0.05) is 30.3 Å². The van der Waals surface area contributed by atoms with Crippen molar-refractivity contribution in [2.24, 2.45) is 4.99 Å². The van der Waals surface area contributed by atoms with E-state index in [2.05, 4.69) is 39.7 Å². The summed E-state index contributed by atoms with van der Waals surface area (Å²) < 4.78 is 2.04. The second-order valence-electron chi connectivity index (χ2n) is 4.86. The molecule has 22 heavy (non-hydrogen) atoms. The second-order valence-corrected chi connectivity index (χ2v) is 5.73. The van der Waals surface area contributed by atoms with Crippen LogP contribution in [0.1, 0.15) is 18.2 Å². The number of aromatic nitrogens is 2. The molecular weight excluding hydrogens is 294 g/mol. The van der Waals surface area contributed by atoms with Gasteiger partial charge in [0.05, 0.1) is 18.8 Å². The van der Waals surface area contributed by atoms with Gasteiger partial charge in [0.15, 0.2) is 10.9 Å². The van der Waals surface area contributed by atoms with Crippen LogP contribution in [0, 0.1) is 0 Å². The average molecular weight is 313 g/mol. The van der Waals surface area contributed by atoms with Gasteiger partial charge >= 0.3 is 0 Å². The Bertz CT molecular complexity index is 716. The van der Waals surface area contributed by atoms with Crippen molar-refractivity contribution in [3.63, 3.8) is 0 Å². The third-order valence-corrected chi connectivity index (χ3v) is 3.96. The monoisotopic (exact) mass is 313 g/mol. The van der Waals surface area contributed by atoms with E-state index >= 15 is 0 Å². The highest BCUT2D eigenvalue weighted by Crippen LogP contribution is 2.11. The van der Waals surface area contributed by atoms with E-state index in [9.17, 15) is 0 Å². The van der Waals surface area contributed by atoms with Crippen LogP contribution in [-0.2, 0) is 13.1 Å². The minimum absolute atomic E-state index is 0.661. The molecule has 2 aromatic heterocycles.